The maximum Gasteiger partial charge on any atom is 0.232 e. The Balaban J connectivity index is 1.78. The lowest BCUT2D eigenvalue weighted by molar-refractivity contribution is -0.117. The normalized spacial score (nSPS) is 24.1. The van der Waals surface area contributed by atoms with Gasteiger partial charge in [0.25, 0.3) is 0 Å². The molecule has 1 saturated heterocycles. The molecule has 1 aliphatic heterocycles. The SMILES string of the molecule is O=C1CC(CS(=O)(=O)Cl)CN1c1ccnn1C1CCCC1. The first-order valence-corrected chi connectivity index (χ1v) is 9.68. The molecule has 2 aliphatic rings. The molecule has 1 atom stereocenters. The highest BCUT2D eigenvalue weighted by atomic mass is 35.7. The molecule has 8 heteroatoms. The highest BCUT2D eigenvalue weighted by molar-refractivity contribution is 8.13. The van der Waals surface area contributed by atoms with E-state index in [9.17, 15) is 13.2 Å². The van der Waals surface area contributed by atoms with Crippen molar-refractivity contribution in [3.63, 3.8) is 0 Å². The van der Waals surface area contributed by atoms with Gasteiger partial charge < -0.3 is 0 Å². The quantitative estimate of drug-likeness (QED) is 0.790. The highest BCUT2D eigenvalue weighted by Gasteiger charge is 2.35. The first kappa shape index (κ1) is 14.8. The van der Waals surface area contributed by atoms with Crippen LogP contribution in [0, 0.1) is 5.92 Å². The zero-order chi connectivity index (χ0) is 15.0. The molecule has 1 amide bonds. The molecule has 116 valence electrons. The molecule has 2 fully saturated rings. The number of aromatic nitrogens is 2. The molecule has 0 N–H and O–H groups in total. The van der Waals surface area contributed by atoms with Crippen LogP contribution < -0.4 is 4.90 Å². The molecule has 0 aromatic carbocycles. The topological polar surface area (TPSA) is 72.3 Å². The van der Waals surface area contributed by atoms with Crippen LogP contribution in [0.5, 0.6) is 0 Å². The Hall–Kier alpha value is -1.08. The van der Waals surface area contributed by atoms with Gasteiger partial charge in [0.15, 0.2) is 0 Å². The first-order valence-electron chi connectivity index (χ1n) is 7.20. The Bertz CT molecular complexity index is 637. The lowest BCUT2D eigenvalue weighted by atomic mass is 10.1. The summed E-state index contributed by atoms with van der Waals surface area (Å²) < 4.78 is 24.3. The fourth-order valence-electron chi connectivity index (χ4n) is 3.35. The van der Waals surface area contributed by atoms with E-state index in [0.717, 1.165) is 18.7 Å². The van der Waals surface area contributed by atoms with Crippen molar-refractivity contribution >= 4 is 31.5 Å². The number of rotatable bonds is 4. The fourth-order valence-corrected chi connectivity index (χ4v) is 4.67. The molecule has 0 bridgehead atoms. The van der Waals surface area contributed by atoms with E-state index in [-0.39, 0.29) is 24.0 Å². The molecule has 21 heavy (non-hydrogen) atoms. The molecule has 6 nitrogen and oxygen atoms in total. The number of halogens is 1. The number of carbonyl (C=O) groups is 1. The van der Waals surface area contributed by atoms with Crippen LogP contribution in [-0.2, 0) is 13.8 Å². The van der Waals surface area contributed by atoms with Gasteiger partial charge in [-0.2, -0.15) is 5.10 Å². The minimum Gasteiger partial charge on any atom is -0.297 e. The predicted octanol–water partition coefficient (Wildman–Crippen LogP) is 1.92. The van der Waals surface area contributed by atoms with Crippen LogP contribution in [0.4, 0.5) is 5.82 Å². The van der Waals surface area contributed by atoms with E-state index in [4.69, 9.17) is 10.7 Å². The summed E-state index contributed by atoms with van der Waals surface area (Å²) in [4.78, 5) is 13.8. The molecule has 0 spiro atoms. The lowest BCUT2D eigenvalue weighted by Gasteiger charge is -2.21. The number of hydrogen-bond acceptors (Lipinski definition) is 4. The minimum atomic E-state index is -3.58. The minimum absolute atomic E-state index is 0.0555. The van der Waals surface area contributed by atoms with Gasteiger partial charge in [-0.05, 0) is 12.8 Å². The van der Waals surface area contributed by atoms with E-state index in [1.807, 2.05) is 10.7 Å². The Labute approximate surface area is 128 Å². The second-order valence-electron chi connectivity index (χ2n) is 5.85. The zero-order valence-electron chi connectivity index (χ0n) is 11.6. The molecule has 1 saturated carbocycles. The number of amides is 1. The van der Waals surface area contributed by atoms with Crippen molar-refractivity contribution in [3.8, 4) is 0 Å². The standard InChI is InChI=1S/C13H18ClN3O3S/c14-21(19,20)9-10-7-13(18)16(8-10)12-5-6-15-17(12)11-3-1-2-4-11/h5-6,10-11H,1-4,7-9H2. The monoisotopic (exact) mass is 331 g/mol. The van der Waals surface area contributed by atoms with Gasteiger partial charge in [0.05, 0.1) is 18.0 Å². The third-order valence-corrected chi connectivity index (χ3v) is 5.48. The Morgan fingerprint density at radius 2 is 2.05 bits per heavy atom. The van der Waals surface area contributed by atoms with Crippen LogP contribution >= 0.6 is 10.7 Å². The Morgan fingerprint density at radius 3 is 2.71 bits per heavy atom. The van der Waals surface area contributed by atoms with Crippen LogP contribution in [0.1, 0.15) is 38.1 Å². The molecule has 3 rings (SSSR count). The van der Waals surface area contributed by atoms with E-state index in [0.29, 0.717) is 12.6 Å². The number of nitrogens with zero attached hydrogens (tertiary/aromatic N) is 3. The molecule has 1 aliphatic carbocycles. The van der Waals surface area contributed by atoms with Gasteiger partial charge in [-0.15, -0.1) is 0 Å². The van der Waals surface area contributed by atoms with Gasteiger partial charge >= 0.3 is 0 Å². The summed E-state index contributed by atoms with van der Waals surface area (Å²) in [5.74, 6) is 0.322. The average Bonchev–Trinajstić information content (AvgIpc) is 3.05. The second-order valence-corrected chi connectivity index (χ2v) is 8.67. The van der Waals surface area contributed by atoms with Crippen molar-refractivity contribution in [1.82, 2.24) is 9.78 Å². The van der Waals surface area contributed by atoms with Crippen molar-refractivity contribution in [1.29, 1.82) is 0 Å². The van der Waals surface area contributed by atoms with Crippen molar-refractivity contribution in [2.24, 2.45) is 5.92 Å². The maximum atomic E-state index is 12.2. The van der Waals surface area contributed by atoms with Gasteiger partial charge in [0.2, 0.25) is 15.0 Å². The van der Waals surface area contributed by atoms with Gasteiger partial charge in [-0.3, -0.25) is 9.69 Å². The largest absolute Gasteiger partial charge is 0.297 e. The van der Waals surface area contributed by atoms with Crippen LogP contribution in [0.3, 0.4) is 0 Å². The molecule has 2 heterocycles. The van der Waals surface area contributed by atoms with Crippen molar-refractivity contribution in [2.75, 3.05) is 17.2 Å². The highest BCUT2D eigenvalue weighted by Crippen LogP contribution is 2.34. The Morgan fingerprint density at radius 1 is 1.33 bits per heavy atom. The summed E-state index contributed by atoms with van der Waals surface area (Å²) in [5.41, 5.74) is 0. The van der Waals surface area contributed by atoms with Crippen LogP contribution in [0.2, 0.25) is 0 Å². The molecular weight excluding hydrogens is 314 g/mol. The predicted molar refractivity (Wildman–Crippen MR) is 79.8 cm³/mol. The van der Waals surface area contributed by atoms with E-state index >= 15 is 0 Å². The molecular formula is C13H18ClN3O3S. The van der Waals surface area contributed by atoms with E-state index < -0.39 is 9.05 Å². The number of carbonyl (C=O) groups excluding carboxylic acids is 1. The van der Waals surface area contributed by atoms with Crippen LogP contribution in [-0.4, -0.2) is 36.4 Å². The molecule has 1 unspecified atom stereocenters. The van der Waals surface area contributed by atoms with Gasteiger partial charge in [0, 0.05) is 35.6 Å². The average molecular weight is 332 g/mol. The lowest BCUT2D eigenvalue weighted by Crippen LogP contribution is -2.28. The summed E-state index contributed by atoms with van der Waals surface area (Å²) >= 11 is 0. The number of hydrogen-bond donors (Lipinski definition) is 0. The van der Waals surface area contributed by atoms with E-state index in [2.05, 4.69) is 5.10 Å². The first-order chi connectivity index (χ1) is 9.94. The number of anilines is 1. The van der Waals surface area contributed by atoms with Gasteiger partial charge in [-0.1, -0.05) is 12.8 Å². The Kier molecular flexibility index (Phi) is 3.96. The van der Waals surface area contributed by atoms with Crippen molar-refractivity contribution in [2.45, 2.75) is 38.1 Å². The van der Waals surface area contributed by atoms with Crippen LogP contribution in [0.25, 0.3) is 0 Å². The van der Waals surface area contributed by atoms with Crippen molar-refractivity contribution in [3.05, 3.63) is 12.3 Å². The van der Waals surface area contributed by atoms with E-state index in [1.165, 1.54) is 12.8 Å². The summed E-state index contributed by atoms with van der Waals surface area (Å²) in [6.45, 7) is 0.392. The van der Waals surface area contributed by atoms with E-state index in [1.54, 1.807) is 11.1 Å². The molecule has 0 radical (unpaired) electrons. The van der Waals surface area contributed by atoms with Crippen molar-refractivity contribution < 1.29 is 13.2 Å². The summed E-state index contributed by atoms with van der Waals surface area (Å²) in [5, 5.41) is 4.36. The van der Waals surface area contributed by atoms with Gasteiger partial charge in [-0.25, -0.2) is 13.1 Å². The fraction of sp³-hybridized carbons (Fsp3) is 0.692. The summed E-state index contributed by atoms with van der Waals surface area (Å²) in [6.07, 6.45) is 6.46. The zero-order valence-corrected chi connectivity index (χ0v) is 13.2. The summed E-state index contributed by atoms with van der Waals surface area (Å²) in [7, 11) is 1.72. The van der Waals surface area contributed by atoms with Crippen LogP contribution in [0.15, 0.2) is 12.3 Å². The summed E-state index contributed by atoms with van der Waals surface area (Å²) in [6, 6.07) is 2.17. The third kappa shape index (κ3) is 3.23. The maximum absolute atomic E-state index is 12.2. The second kappa shape index (κ2) is 5.61. The van der Waals surface area contributed by atoms with Gasteiger partial charge in [0.1, 0.15) is 5.82 Å². The molecule has 1 aromatic heterocycles. The molecule has 1 aromatic rings. The third-order valence-electron chi connectivity index (χ3n) is 4.24. The smallest absolute Gasteiger partial charge is 0.232 e.